The maximum absolute atomic E-state index is 12.1. The second-order valence-corrected chi connectivity index (χ2v) is 6.42. The highest BCUT2D eigenvalue weighted by Gasteiger charge is 2.33. The first kappa shape index (κ1) is 14.0. The predicted molar refractivity (Wildman–Crippen MR) is 74.4 cm³/mol. The van der Waals surface area contributed by atoms with Crippen LogP contribution in [0.1, 0.15) is 37.6 Å². The second-order valence-electron chi connectivity index (χ2n) is 5.53. The third-order valence-corrected chi connectivity index (χ3v) is 3.69. The van der Waals surface area contributed by atoms with Crippen LogP contribution in [0.5, 0.6) is 0 Å². The Hall–Kier alpha value is -1.40. The van der Waals surface area contributed by atoms with Crippen LogP contribution >= 0.6 is 11.3 Å². The van der Waals surface area contributed by atoms with Gasteiger partial charge in [-0.05, 0) is 38.6 Å². The lowest BCUT2D eigenvalue weighted by atomic mass is 10.2. The molecule has 1 fully saturated rings. The van der Waals surface area contributed by atoms with E-state index < -0.39 is 17.6 Å². The highest BCUT2D eigenvalue weighted by atomic mass is 32.1. The third kappa shape index (κ3) is 2.96. The molecule has 19 heavy (non-hydrogen) atoms. The van der Waals surface area contributed by atoms with E-state index >= 15 is 0 Å². The van der Waals surface area contributed by atoms with Gasteiger partial charge in [0.15, 0.2) is 0 Å². The van der Waals surface area contributed by atoms with Gasteiger partial charge in [-0.2, -0.15) is 0 Å². The first-order chi connectivity index (χ1) is 8.79. The van der Waals surface area contributed by atoms with Crippen LogP contribution in [-0.2, 0) is 9.53 Å². The molecule has 5 nitrogen and oxygen atoms in total. The topological polar surface area (TPSA) is 72.6 Å². The first-order valence-electron chi connectivity index (χ1n) is 6.17. The van der Waals surface area contributed by atoms with Crippen molar-refractivity contribution in [1.29, 1.82) is 0 Å². The molecule has 6 heteroatoms. The Bertz CT molecular complexity index is 504. The quantitative estimate of drug-likeness (QED) is 0.839. The van der Waals surface area contributed by atoms with Crippen molar-refractivity contribution in [2.75, 3.05) is 11.4 Å². The van der Waals surface area contributed by atoms with E-state index in [9.17, 15) is 9.59 Å². The van der Waals surface area contributed by atoms with Gasteiger partial charge in [0, 0.05) is 6.54 Å². The molecule has 0 saturated carbocycles. The smallest absolute Gasteiger partial charge is 0.341 e. The van der Waals surface area contributed by atoms with Crippen LogP contribution in [-0.4, -0.2) is 30.1 Å². The van der Waals surface area contributed by atoms with Crippen LogP contribution < -0.4 is 10.6 Å². The average Bonchev–Trinajstić information content (AvgIpc) is 2.85. The van der Waals surface area contributed by atoms with Gasteiger partial charge in [0.2, 0.25) is 5.91 Å². The fourth-order valence-electron chi connectivity index (χ4n) is 1.90. The first-order valence-corrected chi connectivity index (χ1v) is 7.05. The zero-order valence-electron chi connectivity index (χ0n) is 11.3. The number of ether oxygens (including phenoxy) is 1. The minimum Gasteiger partial charge on any atom is -0.456 e. The normalized spacial score (nSPS) is 19.9. The average molecular weight is 282 g/mol. The molecule has 1 aromatic rings. The molecular weight excluding hydrogens is 264 g/mol. The number of carbonyl (C=O) groups excluding carboxylic acids is 2. The molecule has 104 valence electrons. The van der Waals surface area contributed by atoms with E-state index in [1.165, 1.54) is 11.3 Å². The number of hydrogen-bond donors (Lipinski definition) is 1. The molecule has 1 atom stereocenters. The molecule has 1 saturated heterocycles. The molecule has 1 aliphatic heterocycles. The summed E-state index contributed by atoms with van der Waals surface area (Å²) in [5.41, 5.74) is 5.58. The van der Waals surface area contributed by atoms with E-state index in [1.807, 2.05) is 20.8 Å². The van der Waals surface area contributed by atoms with Gasteiger partial charge in [-0.25, -0.2) is 4.79 Å². The predicted octanol–water partition coefficient (Wildman–Crippen LogP) is 1.77. The molecule has 1 amide bonds. The molecule has 1 aliphatic rings. The Labute approximate surface area is 116 Å². The zero-order chi connectivity index (χ0) is 14.2. The molecule has 0 radical (unpaired) electrons. The van der Waals surface area contributed by atoms with Gasteiger partial charge < -0.3 is 15.4 Å². The molecular formula is C13H18N2O3S. The molecule has 1 unspecified atom stereocenters. The number of nitrogens with two attached hydrogens (primary N) is 1. The Morgan fingerprint density at radius 1 is 1.53 bits per heavy atom. The van der Waals surface area contributed by atoms with Crippen molar-refractivity contribution in [3.8, 4) is 0 Å². The van der Waals surface area contributed by atoms with Crippen molar-refractivity contribution in [2.45, 2.75) is 38.8 Å². The van der Waals surface area contributed by atoms with Gasteiger partial charge in [-0.15, -0.1) is 11.3 Å². The lowest BCUT2D eigenvalue weighted by molar-refractivity contribution is -0.118. The Morgan fingerprint density at radius 2 is 2.21 bits per heavy atom. The number of esters is 1. The summed E-state index contributed by atoms with van der Waals surface area (Å²) in [5, 5.41) is 2.42. The largest absolute Gasteiger partial charge is 0.456 e. The Kier molecular flexibility index (Phi) is 3.64. The minimum absolute atomic E-state index is 0.132. The number of rotatable bonds is 2. The number of anilines is 1. The van der Waals surface area contributed by atoms with E-state index in [4.69, 9.17) is 10.5 Å². The molecule has 0 bridgehead atoms. The molecule has 0 aliphatic carbocycles. The van der Waals surface area contributed by atoms with Gasteiger partial charge >= 0.3 is 5.97 Å². The van der Waals surface area contributed by atoms with E-state index in [1.54, 1.807) is 16.3 Å². The summed E-state index contributed by atoms with van der Waals surface area (Å²) < 4.78 is 5.34. The standard InChI is InChI=1S/C13H18N2O3S/c1-13(2,3)18-12(17)8-5-7-19-11(8)15-6-4-9(14)10(15)16/h5,7,9H,4,6,14H2,1-3H3. The zero-order valence-corrected chi connectivity index (χ0v) is 12.1. The summed E-state index contributed by atoms with van der Waals surface area (Å²) in [4.78, 5) is 25.6. The van der Waals surface area contributed by atoms with Crippen LogP contribution in [0, 0.1) is 0 Å². The third-order valence-electron chi connectivity index (χ3n) is 2.76. The van der Waals surface area contributed by atoms with E-state index in [-0.39, 0.29) is 5.91 Å². The van der Waals surface area contributed by atoms with Crippen molar-refractivity contribution in [3.63, 3.8) is 0 Å². The maximum atomic E-state index is 12.1. The van der Waals surface area contributed by atoms with Gasteiger partial charge in [0.05, 0.1) is 11.6 Å². The summed E-state index contributed by atoms with van der Waals surface area (Å²) in [6.45, 7) is 5.99. The SMILES string of the molecule is CC(C)(C)OC(=O)c1ccsc1N1CCC(N)C1=O. The van der Waals surface area contributed by atoms with Crippen molar-refractivity contribution in [2.24, 2.45) is 5.73 Å². The highest BCUT2D eigenvalue weighted by Crippen LogP contribution is 2.32. The molecule has 0 spiro atoms. The number of hydrogen-bond acceptors (Lipinski definition) is 5. The number of nitrogens with zero attached hydrogens (tertiary/aromatic N) is 1. The lowest BCUT2D eigenvalue weighted by Gasteiger charge is -2.21. The number of amides is 1. The van der Waals surface area contributed by atoms with Gasteiger partial charge in [-0.1, -0.05) is 0 Å². The molecule has 2 rings (SSSR count). The molecule has 1 aromatic heterocycles. The fraction of sp³-hybridized carbons (Fsp3) is 0.538. The monoisotopic (exact) mass is 282 g/mol. The maximum Gasteiger partial charge on any atom is 0.341 e. The Balaban J connectivity index is 2.23. The molecule has 2 N–H and O–H groups in total. The summed E-state index contributed by atoms with van der Waals surface area (Å²) in [5.74, 6) is -0.538. The second kappa shape index (κ2) is 4.94. The summed E-state index contributed by atoms with van der Waals surface area (Å²) in [6.07, 6.45) is 0.616. The Morgan fingerprint density at radius 3 is 2.74 bits per heavy atom. The minimum atomic E-state index is -0.554. The van der Waals surface area contributed by atoms with Crippen molar-refractivity contribution < 1.29 is 14.3 Å². The van der Waals surface area contributed by atoms with Gasteiger partial charge in [0.1, 0.15) is 10.6 Å². The lowest BCUT2D eigenvalue weighted by Crippen LogP contribution is -2.34. The van der Waals surface area contributed by atoms with Crippen LogP contribution in [0.4, 0.5) is 5.00 Å². The fourth-order valence-corrected chi connectivity index (χ4v) is 2.82. The van der Waals surface area contributed by atoms with E-state index in [0.717, 1.165) is 0 Å². The number of carbonyl (C=O) groups is 2. The molecule has 2 heterocycles. The van der Waals surface area contributed by atoms with E-state index in [0.29, 0.717) is 23.5 Å². The van der Waals surface area contributed by atoms with Crippen molar-refractivity contribution in [3.05, 3.63) is 17.0 Å². The van der Waals surface area contributed by atoms with Gasteiger partial charge in [-0.3, -0.25) is 4.79 Å². The van der Waals surface area contributed by atoms with Crippen LogP contribution in [0.3, 0.4) is 0 Å². The highest BCUT2D eigenvalue weighted by molar-refractivity contribution is 7.14. The van der Waals surface area contributed by atoms with Crippen molar-refractivity contribution >= 4 is 28.2 Å². The van der Waals surface area contributed by atoms with Crippen LogP contribution in [0.2, 0.25) is 0 Å². The van der Waals surface area contributed by atoms with Crippen molar-refractivity contribution in [1.82, 2.24) is 0 Å². The van der Waals surface area contributed by atoms with Crippen LogP contribution in [0.25, 0.3) is 0 Å². The van der Waals surface area contributed by atoms with E-state index in [2.05, 4.69) is 0 Å². The summed E-state index contributed by atoms with van der Waals surface area (Å²) in [6, 6.07) is 1.22. The molecule has 0 aromatic carbocycles. The number of thiophene rings is 1. The van der Waals surface area contributed by atoms with Crippen LogP contribution in [0.15, 0.2) is 11.4 Å². The van der Waals surface area contributed by atoms with Gasteiger partial charge in [0.25, 0.3) is 0 Å². The summed E-state index contributed by atoms with van der Waals surface area (Å²) in [7, 11) is 0. The summed E-state index contributed by atoms with van der Waals surface area (Å²) >= 11 is 1.36.